The van der Waals surface area contributed by atoms with Gasteiger partial charge in [-0.15, -0.1) is 0 Å². The van der Waals surface area contributed by atoms with Gasteiger partial charge in [0.05, 0.1) is 19.0 Å². The summed E-state index contributed by atoms with van der Waals surface area (Å²) in [5.41, 5.74) is 3.28. The minimum Gasteiger partial charge on any atom is -0.367 e. The number of hydrogen-bond donors (Lipinski definition) is 0. The Labute approximate surface area is 119 Å². The van der Waals surface area contributed by atoms with Gasteiger partial charge in [0, 0.05) is 12.7 Å². The van der Waals surface area contributed by atoms with Crippen molar-refractivity contribution < 1.29 is 4.79 Å². The molecular weight excluding hydrogens is 248 g/mol. The average molecular weight is 264 g/mol. The van der Waals surface area contributed by atoms with E-state index in [1.54, 1.807) is 0 Å². The van der Waals surface area contributed by atoms with Crippen molar-refractivity contribution in [3.63, 3.8) is 0 Å². The summed E-state index contributed by atoms with van der Waals surface area (Å²) in [6.45, 7) is 0.262. The van der Waals surface area contributed by atoms with Crippen LogP contribution in [0.25, 0.3) is 11.1 Å². The maximum Gasteiger partial charge on any atom is 0.166 e. The first-order valence-electron chi connectivity index (χ1n) is 6.46. The summed E-state index contributed by atoms with van der Waals surface area (Å²) in [5.74, 6) is -0.0675. The fourth-order valence-corrected chi connectivity index (χ4v) is 2.04. The van der Waals surface area contributed by atoms with Crippen LogP contribution in [0.3, 0.4) is 0 Å². The summed E-state index contributed by atoms with van der Waals surface area (Å²) in [7, 11) is 1.85. The third-order valence-electron chi connectivity index (χ3n) is 3.10. The maximum atomic E-state index is 11.5. The molecule has 0 unspecified atom stereocenters. The number of likely N-dealkylation sites (N-methyl/N-ethyl adjacent to an activating group) is 1. The number of carbonyl (C=O) groups is 1. The summed E-state index contributed by atoms with van der Waals surface area (Å²) in [4.78, 5) is 13.3. The van der Waals surface area contributed by atoms with Gasteiger partial charge in [-0.05, 0) is 23.3 Å². The van der Waals surface area contributed by atoms with E-state index in [0.29, 0.717) is 0 Å². The second-order valence-electron chi connectivity index (χ2n) is 4.64. The summed E-state index contributed by atoms with van der Waals surface area (Å²) < 4.78 is 0. The van der Waals surface area contributed by atoms with Crippen molar-refractivity contribution in [1.29, 1.82) is 5.26 Å². The molecule has 0 spiro atoms. The molecule has 20 heavy (non-hydrogen) atoms. The molecule has 0 radical (unpaired) electrons. The number of ketones is 1. The van der Waals surface area contributed by atoms with Gasteiger partial charge in [-0.3, -0.25) is 4.79 Å². The quantitative estimate of drug-likeness (QED) is 0.832. The Morgan fingerprint density at radius 1 is 1.05 bits per heavy atom. The lowest BCUT2D eigenvalue weighted by Gasteiger charge is -2.18. The predicted octanol–water partition coefficient (Wildman–Crippen LogP) is 3.27. The first-order chi connectivity index (χ1) is 9.70. The molecule has 2 aromatic carbocycles. The SMILES string of the molecule is CN(CC(=O)CC#N)c1ccc(-c2ccccc2)cc1. The fourth-order valence-electron chi connectivity index (χ4n) is 2.04. The standard InChI is InChI=1S/C17H16N2O/c1-19(13-17(20)11-12-18)16-9-7-15(8-10-16)14-5-3-2-4-6-14/h2-10H,11,13H2,1H3. The van der Waals surface area contributed by atoms with Crippen molar-refractivity contribution in [2.24, 2.45) is 0 Å². The normalized spacial score (nSPS) is 9.80. The van der Waals surface area contributed by atoms with Crippen LogP contribution in [0.5, 0.6) is 0 Å². The first-order valence-corrected chi connectivity index (χ1v) is 6.46. The third kappa shape index (κ3) is 3.46. The molecule has 3 nitrogen and oxygen atoms in total. The van der Waals surface area contributed by atoms with E-state index in [2.05, 4.69) is 12.1 Å². The molecule has 3 heteroatoms. The lowest BCUT2D eigenvalue weighted by Crippen LogP contribution is -2.25. The van der Waals surface area contributed by atoms with E-state index in [1.807, 2.05) is 60.5 Å². The number of benzene rings is 2. The first kappa shape index (κ1) is 13.8. The number of anilines is 1. The summed E-state index contributed by atoms with van der Waals surface area (Å²) in [6, 6.07) is 20.1. The summed E-state index contributed by atoms with van der Waals surface area (Å²) in [6.07, 6.45) is -0.0353. The summed E-state index contributed by atoms with van der Waals surface area (Å²) in [5, 5.41) is 8.49. The molecule has 0 saturated carbocycles. The van der Waals surface area contributed by atoms with Gasteiger partial charge in [0.25, 0.3) is 0 Å². The van der Waals surface area contributed by atoms with Crippen molar-refractivity contribution in [1.82, 2.24) is 0 Å². The van der Waals surface area contributed by atoms with Gasteiger partial charge in [0.2, 0.25) is 0 Å². The van der Waals surface area contributed by atoms with Gasteiger partial charge in [0.15, 0.2) is 5.78 Å². The van der Waals surface area contributed by atoms with E-state index < -0.39 is 0 Å². The third-order valence-corrected chi connectivity index (χ3v) is 3.10. The van der Waals surface area contributed by atoms with Crippen molar-refractivity contribution in [3.8, 4) is 17.2 Å². The molecule has 0 atom stereocenters. The highest BCUT2D eigenvalue weighted by atomic mass is 16.1. The van der Waals surface area contributed by atoms with Crippen LogP contribution in [0, 0.1) is 11.3 Å². The number of nitriles is 1. The Hall–Kier alpha value is -2.60. The van der Waals surface area contributed by atoms with Crippen molar-refractivity contribution in [3.05, 3.63) is 54.6 Å². The average Bonchev–Trinajstić information content (AvgIpc) is 2.48. The summed E-state index contributed by atoms with van der Waals surface area (Å²) >= 11 is 0. The van der Waals surface area contributed by atoms with Crippen molar-refractivity contribution >= 4 is 11.5 Å². The van der Waals surface area contributed by atoms with Gasteiger partial charge in [-0.2, -0.15) is 5.26 Å². The van der Waals surface area contributed by atoms with Crippen LogP contribution in [0.2, 0.25) is 0 Å². The van der Waals surface area contributed by atoms with Crippen LogP contribution >= 0.6 is 0 Å². The zero-order chi connectivity index (χ0) is 14.4. The molecule has 100 valence electrons. The van der Waals surface area contributed by atoms with E-state index in [1.165, 1.54) is 5.56 Å². The molecule has 2 aromatic rings. The molecular formula is C17H16N2O. The molecule has 0 amide bonds. The molecule has 2 rings (SSSR count). The van der Waals surface area contributed by atoms with Crippen LogP contribution in [-0.4, -0.2) is 19.4 Å². The second kappa shape index (κ2) is 6.53. The zero-order valence-corrected chi connectivity index (χ0v) is 11.4. The van der Waals surface area contributed by atoms with Crippen LogP contribution in [0.15, 0.2) is 54.6 Å². The predicted molar refractivity (Wildman–Crippen MR) is 80.4 cm³/mol. The van der Waals surface area contributed by atoms with E-state index in [4.69, 9.17) is 5.26 Å². The Kier molecular flexibility index (Phi) is 4.52. The van der Waals surface area contributed by atoms with Gasteiger partial charge in [-0.1, -0.05) is 42.5 Å². The van der Waals surface area contributed by atoms with Gasteiger partial charge >= 0.3 is 0 Å². The Balaban J connectivity index is 2.09. The molecule has 0 fully saturated rings. The van der Waals surface area contributed by atoms with E-state index in [9.17, 15) is 4.79 Å². The Morgan fingerprint density at radius 3 is 2.25 bits per heavy atom. The topological polar surface area (TPSA) is 44.1 Å². The number of Topliss-reactive ketones (excluding diaryl/α,β-unsaturated/α-hetero) is 1. The fraction of sp³-hybridized carbons (Fsp3) is 0.176. The Morgan fingerprint density at radius 2 is 1.65 bits per heavy atom. The molecule has 0 N–H and O–H groups in total. The molecule has 0 aromatic heterocycles. The van der Waals surface area contributed by atoms with E-state index in [0.717, 1.165) is 11.3 Å². The highest BCUT2D eigenvalue weighted by Gasteiger charge is 2.07. The largest absolute Gasteiger partial charge is 0.367 e. The number of rotatable bonds is 5. The van der Waals surface area contributed by atoms with Gasteiger partial charge < -0.3 is 4.90 Å². The van der Waals surface area contributed by atoms with Crippen LogP contribution < -0.4 is 4.90 Å². The molecule has 0 bridgehead atoms. The lowest BCUT2D eigenvalue weighted by atomic mass is 10.1. The van der Waals surface area contributed by atoms with Gasteiger partial charge in [0.1, 0.15) is 0 Å². The van der Waals surface area contributed by atoms with Crippen molar-refractivity contribution in [2.75, 3.05) is 18.5 Å². The zero-order valence-electron chi connectivity index (χ0n) is 11.4. The van der Waals surface area contributed by atoms with E-state index >= 15 is 0 Å². The van der Waals surface area contributed by atoms with Crippen LogP contribution in [-0.2, 0) is 4.79 Å². The second-order valence-corrected chi connectivity index (χ2v) is 4.64. The van der Waals surface area contributed by atoms with E-state index in [-0.39, 0.29) is 18.7 Å². The highest BCUT2D eigenvalue weighted by Crippen LogP contribution is 2.22. The lowest BCUT2D eigenvalue weighted by molar-refractivity contribution is -0.116. The number of carbonyl (C=O) groups excluding carboxylic acids is 1. The maximum absolute atomic E-state index is 11.5. The minimum atomic E-state index is -0.0675. The molecule has 0 saturated heterocycles. The van der Waals surface area contributed by atoms with Crippen molar-refractivity contribution in [2.45, 2.75) is 6.42 Å². The van der Waals surface area contributed by atoms with Gasteiger partial charge in [-0.25, -0.2) is 0 Å². The molecule has 0 aliphatic rings. The smallest absolute Gasteiger partial charge is 0.166 e. The number of hydrogen-bond acceptors (Lipinski definition) is 3. The molecule has 0 heterocycles. The van der Waals surface area contributed by atoms with Crippen LogP contribution in [0.1, 0.15) is 6.42 Å². The number of nitrogens with zero attached hydrogens (tertiary/aromatic N) is 2. The molecule has 0 aliphatic carbocycles. The minimum absolute atomic E-state index is 0.0353. The highest BCUT2D eigenvalue weighted by molar-refractivity contribution is 5.85. The monoisotopic (exact) mass is 264 g/mol. The Bertz CT molecular complexity index is 612. The molecule has 0 aliphatic heterocycles. The van der Waals surface area contributed by atoms with Crippen LogP contribution in [0.4, 0.5) is 5.69 Å².